The van der Waals surface area contributed by atoms with Crippen LogP contribution in [-0.2, 0) is 14.4 Å². The van der Waals surface area contributed by atoms with Crippen molar-refractivity contribution in [1.82, 2.24) is 15.2 Å². The van der Waals surface area contributed by atoms with Gasteiger partial charge < -0.3 is 21.1 Å². The van der Waals surface area contributed by atoms with Crippen molar-refractivity contribution in [2.24, 2.45) is 0 Å². The molecule has 28 heavy (non-hydrogen) atoms. The van der Waals surface area contributed by atoms with Crippen molar-refractivity contribution < 1.29 is 19.5 Å². The van der Waals surface area contributed by atoms with E-state index in [9.17, 15) is 19.5 Å². The molecule has 2 saturated heterocycles. The predicted octanol–water partition coefficient (Wildman–Crippen LogP) is 1.12. The summed E-state index contributed by atoms with van der Waals surface area (Å²) in [6.07, 6.45) is 1.69. The monoisotopic (exact) mass is 416 g/mol. The number of nitrogens with one attached hydrogen (secondary N) is 1. The van der Waals surface area contributed by atoms with E-state index in [1.807, 2.05) is 30.3 Å². The Morgan fingerprint density at radius 2 is 2.07 bits per heavy atom. The first-order valence-electron chi connectivity index (χ1n) is 8.41. The Morgan fingerprint density at radius 3 is 2.71 bits per heavy atom. The number of anilines is 1. The molecule has 10 heteroatoms. The summed E-state index contributed by atoms with van der Waals surface area (Å²) in [6.45, 7) is 0. The highest BCUT2D eigenvalue weighted by molar-refractivity contribution is 8.00. The first-order valence-corrected chi connectivity index (χ1v) is 10.3. The molecule has 0 bridgehead atoms. The number of fused-ring (bicyclic) bond motifs is 1. The summed E-state index contributed by atoms with van der Waals surface area (Å²) in [5, 5.41) is 13.6. The van der Waals surface area contributed by atoms with E-state index in [-0.39, 0.29) is 11.3 Å². The fraction of sp³-hybridized carbons (Fsp3) is 0.222. The molecule has 3 heterocycles. The fourth-order valence-electron chi connectivity index (χ4n) is 3.19. The average Bonchev–Trinajstić information content (AvgIpc) is 3.29. The van der Waals surface area contributed by atoms with Gasteiger partial charge in [0.2, 0.25) is 5.91 Å². The number of carbonyl (C=O) groups is 3. The zero-order chi connectivity index (χ0) is 19.8. The topological polar surface area (TPSA) is 126 Å². The van der Waals surface area contributed by atoms with Gasteiger partial charge in [-0.05, 0) is 11.6 Å². The summed E-state index contributed by atoms with van der Waals surface area (Å²) >= 11 is 2.57. The number of benzene rings is 1. The number of nitrogen functional groups attached to an aromatic ring is 1. The SMILES string of the molecule is Nc1nc(/C(=C\c2ccccc2)C(=O)NC2C(=O)N3C(C(=O)O)CSC23)cs1. The molecule has 0 saturated carbocycles. The summed E-state index contributed by atoms with van der Waals surface area (Å²) in [5.41, 5.74) is 7.24. The van der Waals surface area contributed by atoms with Crippen molar-refractivity contribution in [3.8, 4) is 0 Å². The summed E-state index contributed by atoms with van der Waals surface area (Å²) in [7, 11) is 0. The van der Waals surface area contributed by atoms with Gasteiger partial charge >= 0.3 is 5.97 Å². The van der Waals surface area contributed by atoms with Crippen LogP contribution in [0.1, 0.15) is 11.3 Å². The van der Waals surface area contributed by atoms with Crippen molar-refractivity contribution in [1.29, 1.82) is 0 Å². The molecular formula is C18H16N4O4S2. The maximum Gasteiger partial charge on any atom is 0.327 e. The van der Waals surface area contributed by atoms with Gasteiger partial charge in [0.05, 0.1) is 11.3 Å². The number of amides is 2. The molecule has 1 aromatic heterocycles. The van der Waals surface area contributed by atoms with Crippen LogP contribution in [0.15, 0.2) is 35.7 Å². The quantitative estimate of drug-likeness (QED) is 0.492. The Labute approximate surface area is 168 Å². The molecule has 0 aliphatic carbocycles. The number of thiazole rings is 1. The molecule has 144 valence electrons. The molecule has 4 rings (SSSR count). The van der Waals surface area contributed by atoms with Crippen LogP contribution in [0, 0.1) is 0 Å². The Kier molecular flexibility index (Phi) is 4.82. The third kappa shape index (κ3) is 3.25. The van der Waals surface area contributed by atoms with E-state index >= 15 is 0 Å². The van der Waals surface area contributed by atoms with Crippen molar-refractivity contribution in [3.05, 3.63) is 47.0 Å². The molecule has 0 spiro atoms. The van der Waals surface area contributed by atoms with Crippen LogP contribution in [0.3, 0.4) is 0 Å². The maximum absolute atomic E-state index is 13.0. The van der Waals surface area contributed by atoms with Crippen LogP contribution in [0.5, 0.6) is 0 Å². The molecule has 0 radical (unpaired) electrons. The molecule has 2 aliphatic heterocycles. The minimum absolute atomic E-state index is 0.295. The second-order valence-corrected chi connectivity index (χ2v) is 8.35. The van der Waals surface area contributed by atoms with Crippen LogP contribution in [0.25, 0.3) is 11.6 Å². The maximum atomic E-state index is 13.0. The third-order valence-corrected chi connectivity index (χ3v) is 6.59. The number of nitrogens with zero attached hydrogens (tertiary/aromatic N) is 2. The van der Waals surface area contributed by atoms with Gasteiger partial charge in [0, 0.05) is 11.1 Å². The lowest BCUT2D eigenvalue weighted by atomic mass is 10.0. The molecule has 1 aromatic carbocycles. The van der Waals surface area contributed by atoms with E-state index in [0.29, 0.717) is 22.2 Å². The van der Waals surface area contributed by atoms with Crippen LogP contribution in [-0.4, -0.2) is 56.0 Å². The van der Waals surface area contributed by atoms with Crippen molar-refractivity contribution in [2.75, 3.05) is 11.5 Å². The number of hydrogen-bond donors (Lipinski definition) is 3. The zero-order valence-corrected chi connectivity index (χ0v) is 16.1. The number of β-lactam (4-membered cyclic amide) rings is 1. The number of aliphatic carboxylic acids is 1. The molecule has 2 aliphatic rings. The second-order valence-electron chi connectivity index (χ2n) is 6.31. The standard InChI is InChI=1S/C18H16N4O4S2/c19-18-20-11(7-28-18)10(6-9-4-2-1-3-5-9)14(23)21-13-15(24)22-12(17(25)26)8-27-16(13)22/h1-7,12-13,16H,8H2,(H2,19,20)(H,21,23)(H,25,26)/b10-6+. The molecule has 2 aromatic rings. The van der Waals surface area contributed by atoms with Gasteiger partial charge in [-0.1, -0.05) is 30.3 Å². The highest BCUT2D eigenvalue weighted by Gasteiger charge is 2.57. The second kappa shape index (κ2) is 7.28. The van der Waals surface area contributed by atoms with Crippen molar-refractivity contribution in [2.45, 2.75) is 17.5 Å². The highest BCUT2D eigenvalue weighted by atomic mass is 32.2. The smallest absolute Gasteiger partial charge is 0.327 e. The van der Waals surface area contributed by atoms with Gasteiger partial charge in [0.1, 0.15) is 17.5 Å². The van der Waals surface area contributed by atoms with Gasteiger partial charge in [-0.25, -0.2) is 9.78 Å². The first kappa shape index (κ1) is 18.5. The molecule has 3 unspecified atom stereocenters. The fourth-order valence-corrected chi connectivity index (χ4v) is 5.22. The van der Waals surface area contributed by atoms with Crippen LogP contribution in [0.2, 0.25) is 0 Å². The van der Waals surface area contributed by atoms with Gasteiger partial charge in [-0.2, -0.15) is 0 Å². The lowest BCUT2D eigenvalue weighted by Gasteiger charge is -2.43. The van der Waals surface area contributed by atoms with E-state index < -0.39 is 24.0 Å². The number of carboxylic acid groups (broad SMARTS) is 1. The molecular weight excluding hydrogens is 400 g/mol. The molecule has 2 amide bonds. The van der Waals surface area contributed by atoms with Crippen LogP contribution < -0.4 is 11.1 Å². The van der Waals surface area contributed by atoms with E-state index in [1.54, 1.807) is 11.5 Å². The number of rotatable bonds is 5. The number of nitrogens with two attached hydrogens (primary N) is 1. The third-order valence-electron chi connectivity index (χ3n) is 4.57. The van der Waals surface area contributed by atoms with Gasteiger partial charge in [-0.15, -0.1) is 23.1 Å². The summed E-state index contributed by atoms with van der Waals surface area (Å²) in [4.78, 5) is 42.1. The summed E-state index contributed by atoms with van der Waals surface area (Å²) in [6, 6.07) is 7.68. The summed E-state index contributed by atoms with van der Waals surface area (Å²) in [5.74, 6) is -1.55. The predicted molar refractivity (Wildman–Crippen MR) is 107 cm³/mol. The normalized spacial score (nSPS) is 23.9. The Balaban J connectivity index is 1.57. The Bertz CT molecular complexity index is 975. The number of carboxylic acids is 1. The van der Waals surface area contributed by atoms with E-state index in [0.717, 1.165) is 5.56 Å². The van der Waals surface area contributed by atoms with E-state index in [2.05, 4.69) is 10.3 Å². The van der Waals surface area contributed by atoms with E-state index in [1.165, 1.54) is 28.0 Å². The van der Waals surface area contributed by atoms with Gasteiger partial charge in [0.25, 0.3) is 5.91 Å². The van der Waals surface area contributed by atoms with Crippen molar-refractivity contribution in [3.63, 3.8) is 0 Å². The zero-order valence-electron chi connectivity index (χ0n) is 14.4. The van der Waals surface area contributed by atoms with Crippen molar-refractivity contribution >= 4 is 57.7 Å². The minimum Gasteiger partial charge on any atom is -0.480 e. The number of carbonyl (C=O) groups excluding carboxylic acids is 2. The molecule has 8 nitrogen and oxygen atoms in total. The highest BCUT2D eigenvalue weighted by Crippen LogP contribution is 2.40. The largest absolute Gasteiger partial charge is 0.480 e. The number of hydrogen-bond acceptors (Lipinski definition) is 7. The van der Waals surface area contributed by atoms with Crippen LogP contribution >= 0.6 is 23.1 Å². The summed E-state index contributed by atoms with van der Waals surface area (Å²) < 4.78 is 0. The Morgan fingerprint density at radius 1 is 1.32 bits per heavy atom. The Hall–Kier alpha value is -2.85. The molecule has 2 fully saturated rings. The number of thioether (sulfide) groups is 1. The van der Waals surface area contributed by atoms with Gasteiger partial charge in [-0.3, -0.25) is 9.59 Å². The lowest BCUT2D eigenvalue weighted by molar-refractivity contribution is -0.158. The molecule has 4 N–H and O–H groups in total. The average molecular weight is 416 g/mol. The first-order chi connectivity index (χ1) is 13.5. The minimum atomic E-state index is -1.03. The van der Waals surface area contributed by atoms with Gasteiger partial charge in [0.15, 0.2) is 5.13 Å². The van der Waals surface area contributed by atoms with Crippen LogP contribution in [0.4, 0.5) is 5.13 Å². The molecule has 3 atom stereocenters. The lowest BCUT2D eigenvalue weighted by Crippen LogP contribution is -2.70. The van der Waals surface area contributed by atoms with E-state index in [4.69, 9.17) is 5.73 Å². The number of aromatic nitrogens is 1.